The number of nitrogens with one attached hydrogen (secondary N) is 1. The molecule has 5 nitrogen and oxygen atoms in total. The van der Waals surface area contributed by atoms with Gasteiger partial charge >= 0.3 is 0 Å². The summed E-state index contributed by atoms with van der Waals surface area (Å²) in [5.41, 5.74) is -0.315. The maximum atomic E-state index is 12.2. The quantitative estimate of drug-likeness (QED) is 0.890. The van der Waals surface area contributed by atoms with Gasteiger partial charge in [0.15, 0.2) is 0 Å². The van der Waals surface area contributed by atoms with E-state index < -0.39 is 5.60 Å². The number of nitrogens with zero attached hydrogens (tertiary/aromatic N) is 2. The zero-order chi connectivity index (χ0) is 14.7. The van der Waals surface area contributed by atoms with Crippen LogP contribution < -0.4 is 5.32 Å². The maximum Gasteiger partial charge on any atom is 0.270 e. The fourth-order valence-electron chi connectivity index (χ4n) is 3.43. The highest BCUT2D eigenvalue weighted by Crippen LogP contribution is 2.32. The summed E-state index contributed by atoms with van der Waals surface area (Å²) in [7, 11) is 0. The van der Waals surface area contributed by atoms with Gasteiger partial charge < -0.3 is 10.4 Å². The third-order valence-corrected chi connectivity index (χ3v) is 4.74. The molecule has 1 aromatic heterocycles. The van der Waals surface area contributed by atoms with Crippen LogP contribution >= 0.6 is 0 Å². The van der Waals surface area contributed by atoms with Crippen molar-refractivity contribution in [1.29, 1.82) is 0 Å². The minimum atomic E-state index is -0.725. The second-order valence-corrected chi connectivity index (χ2v) is 6.40. The summed E-state index contributed by atoms with van der Waals surface area (Å²) in [5, 5.41) is 13.1. The van der Waals surface area contributed by atoms with Gasteiger partial charge in [-0.05, 0) is 31.7 Å². The van der Waals surface area contributed by atoms with Crippen LogP contribution in [0.2, 0.25) is 0 Å². The Hall–Kier alpha value is -1.49. The van der Waals surface area contributed by atoms with Crippen molar-refractivity contribution in [1.82, 2.24) is 15.3 Å². The molecule has 2 saturated carbocycles. The molecule has 2 aliphatic rings. The van der Waals surface area contributed by atoms with Gasteiger partial charge in [-0.2, -0.15) is 0 Å². The van der Waals surface area contributed by atoms with Crippen LogP contribution in [0, 0.1) is 0 Å². The number of hydrogen-bond acceptors (Lipinski definition) is 4. The third kappa shape index (κ3) is 3.40. The van der Waals surface area contributed by atoms with E-state index >= 15 is 0 Å². The largest absolute Gasteiger partial charge is 0.388 e. The first-order valence-electron chi connectivity index (χ1n) is 8.00. The summed E-state index contributed by atoms with van der Waals surface area (Å²) in [6.07, 6.45) is 9.94. The molecule has 0 aliphatic heterocycles. The van der Waals surface area contributed by atoms with Crippen LogP contribution in [0.4, 0.5) is 0 Å². The Morgan fingerprint density at radius 2 is 2.00 bits per heavy atom. The standard InChI is InChI=1S/C16H23N3O2/c20-15(18-11-16(21)8-3-4-9-16)13-7-10-17-14(19-13)12-5-1-2-6-12/h7,10,12,21H,1-6,8-9,11H2,(H,18,20). The van der Waals surface area contributed by atoms with Gasteiger partial charge in [0.05, 0.1) is 5.60 Å². The van der Waals surface area contributed by atoms with Crippen molar-refractivity contribution in [3.05, 3.63) is 23.8 Å². The van der Waals surface area contributed by atoms with Gasteiger partial charge in [-0.3, -0.25) is 4.79 Å². The molecule has 0 aromatic carbocycles. The maximum absolute atomic E-state index is 12.2. The average molecular weight is 289 g/mol. The second-order valence-electron chi connectivity index (χ2n) is 6.40. The third-order valence-electron chi connectivity index (χ3n) is 4.74. The smallest absolute Gasteiger partial charge is 0.270 e. The molecule has 2 aliphatic carbocycles. The van der Waals surface area contributed by atoms with Gasteiger partial charge in [0.2, 0.25) is 0 Å². The SMILES string of the molecule is O=C(NCC1(O)CCCC1)c1ccnc(C2CCCC2)n1. The van der Waals surface area contributed by atoms with E-state index in [1.54, 1.807) is 12.3 Å². The molecule has 2 fully saturated rings. The lowest BCUT2D eigenvalue weighted by atomic mass is 10.0. The molecule has 1 amide bonds. The first kappa shape index (κ1) is 14.4. The van der Waals surface area contributed by atoms with E-state index in [0.717, 1.165) is 44.3 Å². The second kappa shape index (κ2) is 6.10. The number of rotatable bonds is 4. The highest BCUT2D eigenvalue weighted by atomic mass is 16.3. The van der Waals surface area contributed by atoms with E-state index in [1.165, 1.54) is 12.8 Å². The van der Waals surface area contributed by atoms with Crippen LogP contribution in [0.15, 0.2) is 12.3 Å². The lowest BCUT2D eigenvalue weighted by Gasteiger charge is -2.22. The van der Waals surface area contributed by atoms with Crippen molar-refractivity contribution in [2.75, 3.05) is 6.54 Å². The van der Waals surface area contributed by atoms with Crippen molar-refractivity contribution in [3.8, 4) is 0 Å². The summed E-state index contributed by atoms with van der Waals surface area (Å²) in [5.74, 6) is 0.980. The molecular weight excluding hydrogens is 266 g/mol. The number of aromatic nitrogens is 2. The predicted octanol–water partition coefficient (Wildman–Crippen LogP) is 2.17. The van der Waals surface area contributed by atoms with Crippen LogP contribution in [0.1, 0.15) is 73.6 Å². The van der Waals surface area contributed by atoms with Crippen molar-refractivity contribution in [2.45, 2.75) is 62.9 Å². The Kier molecular flexibility index (Phi) is 4.19. The molecule has 0 bridgehead atoms. The van der Waals surface area contributed by atoms with Crippen molar-refractivity contribution in [2.24, 2.45) is 0 Å². The molecule has 3 rings (SSSR count). The minimum Gasteiger partial charge on any atom is -0.388 e. The van der Waals surface area contributed by atoms with Gasteiger partial charge in [0, 0.05) is 18.7 Å². The fraction of sp³-hybridized carbons (Fsp3) is 0.688. The van der Waals surface area contributed by atoms with Gasteiger partial charge in [-0.25, -0.2) is 9.97 Å². The predicted molar refractivity (Wildman–Crippen MR) is 79.0 cm³/mol. The summed E-state index contributed by atoms with van der Waals surface area (Å²) in [6.45, 7) is 0.314. The van der Waals surface area contributed by atoms with Crippen molar-refractivity contribution >= 4 is 5.91 Å². The normalized spacial score (nSPS) is 21.6. The molecule has 0 spiro atoms. The Balaban J connectivity index is 1.62. The van der Waals surface area contributed by atoms with Crippen molar-refractivity contribution in [3.63, 3.8) is 0 Å². The van der Waals surface area contributed by atoms with Crippen molar-refractivity contribution < 1.29 is 9.90 Å². The zero-order valence-electron chi connectivity index (χ0n) is 12.3. The van der Waals surface area contributed by atoms with Crippen LogP contribution in [0.5, 0.6) is 0 Å². The van der Waals surface area contributed by atoms with Crippen LogP contribution in [0.25, 0.3) is 0 Å². The lowest BCUT2D eigenvalue weighted by molar-refractivity contribution is 0.0448. The van der Waals surface area contributed by atoms with E-state index in [9.17, 15) is 9.90 Å². The zero-order valence-corrected chi connectivity index (χ0v) is 12.3. The Morgan fingerprint density at radius 3 is 2.71 bits per heavy atom. The molecule has 0 atom stereocenters. The molecule has 0 radical (unpaired) electrons. The number of carbonyl (C=O) groups is 1. The molecule has 5 heteroatoms. The molecule has 0 unspecified atom stereocenters. The average Bonchev–Trinajstić information content (AvgIpc) is 3.17. The Bertz CT molecular complexity index is 506. The number of carbonyl (C=O) groups excluding carboxylic acids is 1. The van der Waals surface area contributed by atoms with E-state index in [1.807, 2.05) is 0 Å². The summed E-state index contributed by atoms with van der Waals surface area (Å²) in [4.78, 5) is 20.9. The lowest BCUT2D eigenvalue weighted by Crippen LogP contribution is -2.41. The first-order valence-corrected chi connectivity index (χ1v) is 8.00. The molecule has 1 aromatic rings. The molecule has 0 saturated heterocycles. The molecule has 1 heterocycles. The summed E-state index contributed by atoms with van der Waals surface area (Å²) >= 11 is 0. The topological polar surface area (TPSA) is 75.1 Å². The highest BCUT2D eigenvalue weighted by Gasteiger charge is 2.31. The van der Waals surface area contributed by atoms with Crippen LogP contribution in [0.3, 0.4) is 0 Å². The van der Waals surface area contributed by atoms with Gasteiger partial charge in [0.1, 0.15) is 11.5 Å². The molecule has 114 valence electrons. The van der Waals surface area contributed by atoms with E-state index in [4.69, 9.17) is 0 Å². The van der Waals surface area contributed by atoms with Crippen LogP contribution in [-0.4, -0.2) is 33.1 Å². The van der Waals surface area contributed by atoms with Crippen LogP contribution in [-0.2, 0) is 0 Å². The highest BCUT2D eigenvalue weighted by molar-refractivity contribution is 5.92. The van der Waals surface area contributed by atoms with Gasteiger partial charge in [-0.1, -0.05) is 25.7 Å². The molecule has 21 heavy (non-hydrogen) atoms. The number of hydrogen-bond donors (Lipinski definition) is 2. The van der Waals surface area contributed by atoms with E-state index in [2.05, 4.69) is 15.3 Å². The first-order chi connectivity index (χ1) is 10.2. The van der Waals surface area contributed by atoms with Gasteiger partial charge in [0.25, 0.3) is 5.91 Å². The Labute approximate surface area is 125 Å². The fourth-order valence-corrected chi connectivity index (χ4v) is 3.43. The number of aliphatic hydroxyl groups is 1. The monoisotopic (exact) mass is 289 g/mol. The summed E-state index contributed by atoms with van der Waals surface area (Å²) in [6, 6.07) is 1.65. The minimum absolute atomic E-state index is 0.211. The van der Waals surface area contributed by atoms with E-state index in [-0.39, 0.29) is 5.91 Å². The molecule has 2 N–H and O–H groups in total. The molecular formula is C16H23N3O2. The number of amides is 1. The van der Waals surface area contributed by atoms with E-state index in [0.29, 0.717) is 18.2 Å². The van der Waals surface area contributed by atoms with Gasteiger partial charge in [-0.15, -0.1) is 0 Å². The Morgan fingerprint density at radius 1 is 1.29 bits per heavy atom. The summed E-state index contributed by atoms with van der Waals surface area (Å²) < 4.78 is 0.